The van der Waals surface area contributed by atoms with E-state index in [1.165, 1.54) is 12.8 Å². The summed E-state index contributed by atoms with van der Waals surface area (Å²) in [6.07, 6.45) is 5.81. The average Bonchev–Trinajstić information content (AvgIpc) is 2.84. The van der Waals surface area contributed by atoms with E-state index in [1.807, 2.05) is 4.90 Å². The summed E-state index contributed by atoms with van der Waals surface area (Å²) >= 11 is 0. The van der Waals surface area contributed by atoms with E-state index in [9.17, 15) is 9.59 Å². The largest absolute Gasteiger partial charge is 0.374 e. The fourth-order valence-electron chi connectivity index (χ4n) is 3.37. The van der Waals surface area contributed by atoms with Gasteiger partial charge in [0, 0.05) is 13.0 Å². The molecule has 2 unspecified atom stereocenters. The van der Waals surface area contributed by atoms with Gasteiger partial charge in [0.25, 0.3) is 0 Å². The van der Waals surface area contributed by atoms with E-state index < -0.39 is 0 Å². The second kappa shape index (κ2) is 4.88. The van der Waals surface area contributed by atoms with E-state index in [0.29, 0.717) is 26.0 Å². The van der Waals surface area contributed by atoms with E-state index in [2.05, 4.69) is 5.32 Å². The van der Waals surface area contributed by atoms with Crippen LogP contribution in [0.4, 0.5) is 0 Å². The minimum absolute atomic E-state index is 0.00167. The van der Waals surface area contributed by atoms with Gasteiger partial charge in [-0.25, -0.2) is 0 Å². The Morgan fingerprint density at radius 3 is 2.89 bits per heavy atom. The molecule has 0 spiro atoms. The molecule has 3 fully saturated rings. The first-order valence-electron chi connectivity index (χ1n) is 6.97. The van der Waals surface area contributed by atoms with Crippen LogP contribution in [0.15, 0.2) is 0 Å². The molecule has 5 heteroatoms. The van der Waals surface area contributed by atoms with Crippen molar-refractivity contribution in [2.45, 2.75) is 56.7 Å². The van der Waals surface area contributed by atoms with Crippen LogP contribution in [0, 0.1) is 0 Å². The Balaban J connectivity index is 1.69. The maximum absolute atomic E-state index is 12.5. The summed E-state index contributed by atoms with van der Waals surface area (Å²) in [4.78, 5) is 25.6. The van der Waals surface area contributed by atoms with Crippen molar-refractivity contribution in [2.24, 2.45) is 0 Å². The summed E-state index contributed by atoms with van der Waals surface area (Å²) in [5.41, 5.74) is 0. The smallest absolute Gasteiger partial charge is 0.245 e. The number of ether oxygens (including phenoxy) is 1. The molecule has 2 saturated heterocycles. The Morgan fingerprint density at radius 1 is 1.28 bits per heavy atom. The Labute approximate surface area is 107 Å². The second-order valence-electron chi connectivity index (χ2n) is 5.45. The van der Waals surface area contributed by atoms with Crippen molar-refractivity contribution >= 4 is 11.8 Å². The van der Waals surface area contributed by atoms with Gasteiger partial charge in [-0.05, 0) is 19.3 Å². The third kappa shape index (κ3) is 2.11. The number of carbonyl (C=O) groups excluding carboxylic acids is 2. The Bertz CT molecular complexity index is 356. The van der Waals surface area contributed by atoms with Gasteiger partial charge in [-0.2, -0.15) is 0 Å². The van der Waals surface area contributed by atoms with Crippen LogP contribution in [-0.2, 0) is 14.3 Å². The third-order valence-corrected chi connectivity index (χ3v) is 4.31. The molecule has 3 aliphatic rings. The van der Waals surface area contributed by atoms with Gasteiger partial charge in [0.2, 0.25) is 11.8 Å². The van der Waals surface area contributed by atoms with E-state index >= 15 is 0 Å². The van der Waals surface area contributed by atoms with Crippen LogP contribution < -0.4 is 5.32 Å². The standard InChI is InChI=1S/C13H20N2O3/c16-12-6-5-9(14-12)13(17)15-7-8-18-11-4-2-1-3-10(11)15/h9-11H,1-8H2,(H,14,16)/t9-,10?,11?/m1/s1. The first-order chi connectivity index (χ1) is 8.75. The highest BCUT2D eigenvalue weighted by molar-refractivity contribution is 5.91. The molecule has 3 rings (SSSR count). The van der Waals surface area contributed by atoms with Crippen molar-refractivity contribution in [3.8, 4) is 0 Å². The zero-order chi connectivity index (χ0) is 12.5. The molecule has 1 saturated carbocycles. The predicted molar refractivity (Wildman–Crippen MR) is 64.9 cm³/mol. The van der Waals surface area contributed by atoms with E-state index in [4.69, 9.17) is 4.74 Å². The maximum atomic E-state index is 12.5. The number of morpholine rings is 1. The van der Waals surface area contributed by atoms with E-state index in [1.54, 1.807) is 0 Å². The number of hydrogen-bond acceptors (Lipinski definition) is 3. The molecule has 2 heterocycles. The molecule has 2 aliphatic heterocycles. The number of amides is 2. The summed E-state index contributed by atoms with van der Waals surface area (Å²) in [6, 6.07) is -0.0596. The van der Waals surface area contributed by atoms with Crippen molar-refractivity contribution in [1.29, 1.82) is 0 Å². The molecule has 0 radical (unpaired) electrons. The molecule has 0 aromatic heterocycles. The lowest BCUT2D eigenvalue weighted by Gasteiger charge is -2.44. The van der Waals surface area contributed by atoms with E-state index in [-0.39, 0.29) is 30.0 Å². The normalized spacial score (nSPS) is 36.1. The minimum atomic E-state index is -0.293. The molecule has 18 heavy (non-hydrogen) atoms. The summed E-state index contributed by atoms with van der Waals surface area (Å²) < 4.78 is 5.76. The summed E-state index contributed by atoms with van der Waals surface area (Å²) in [7, 11) is 0. The van der Waals surface area contributed by atoms with Gasteiger partial charge in [-0.1, -0.05) is 12.8 Å². The monoisotopic (exact) mass is 252 g/mol. The van der Waals surface area contributed by atoms with Crippen molar-refractivity contribution < 1.29 is 14.3 Å². The zero-order valence-electron chi connectivity index (χ0n) is 10.6. The predicted octanol–water partition coefficient (Wildman–Crippen LogP) is 0.435. The molecule has 2 amide bonds. The number of nitrogens with one attached hydrogen (secondary N) is 1. The lowest BCUT2D eigenvalue weighted by molar-refractivity contribution is -0.151. The number of fused-ring (bicyclic) bond motifs is 1. The topological polar surface area (TPSA) is 58.6 Å². The van der Waals surface area contributed by atoms with Gasteiger partial charge in [-0.15, -0.1) is 0 Å². The van der Waals surface area contributed by atoms with Gasteiger partial charge in [0.05, 0.1) is 18.8 Å². The van der Waals surface area contributed by atoms with Crippen molar-refractivity contribution in [2.75, 3.05) is 13.2 Å². The maximum Gasteiger partial charge on any atom is 0.245 e. The van der Waals surface area contributed by atoms with Gasteiger partial charge in [0.15, 0.2) is 0 Å². The molecule has 1 N–H and O–H groups in total. The molecule has 3 atom stereocenters. The lowest BCUT2D eigenvalue weighted by atomic mass is 9.89. The van der Waals surface area contributed by atoms with Crippen LogP contribution in [0.25, 0.3) is 0 Å². The Morgan fingerprint density at radius 2 is 2.11 bits per heavy atom. The summed E-state index contributed by atoms with van der Waals surface area (Å²) in [5.74, 6) is 0.0999. The van der Waals surface area contributed by atoms with Crippen molar-refractivity contribution in [3.63, 3.8) is 0 Å². The van der Waals surface area contributed by atoms with Crippen LogP contribution in [0.2, 0.25) is 0 Å². The summed E-state index contributed by atoms with van der Waals surface area (Å²) in [6.45, 7) is 1.31. The molecule has 1 aliphatic carbocycles. The van der Waals surface area contributed by atoms with Gasteiger partial charge in [-0.3, -0.25) is 9.59 Å². The summed E-state index contributed by atoms with van der Waals surface area (Å²) in [5, 5.41) is 2.78. The van der Waals surface area contributed by atoms with Gasteiger partial charge >= 0.3 is 0 Å². The highest BCUT2D eigenvalue weighted by Gasteiger charge is 2.40. The third-order valence-electron chi connectivity index (χ3n) is 4.31. The number of carbonyl (C=O) groups is 2. The minimum Gasteiger partial charge on any atom is -0.374 e. The fourth-order valence-corrected chi connectivity index (χ4v) is 3.37. The number of rotatable bonds is 1. The zero-order valence-corrected chi connectivity index (χ0v) is 10.6. The molecular weight excluding hydrogens is 232 g/mol. The second-order valence-corrected chi connectivity index (χ2v) is 5.45. The van der Waals surface area contributed by atoms with Gasteiger partial charge in [0.1, 0.15) is 6.04 Å². The number of nitrogens with zero attached hydrogens (tertiary/aromatic N) is 1. The van der Waals surface area contributed by atoms with Gasteiger partial charge < -0.3 is 15.0 Å². The SMILES string of the molecule is O=C1CC[C@H](C(=O)N2CCOC3CCCCC32)N1. The Hall–Kier alpha value is -1.10. The quantitative estimate of drug-likeness (QED) is 0.736. The van der Waals surface area contributed by atoms with E-state index in [0.717, 1.165) is 12.8 Å². The Kier molecular flexibility index (Phi) is 3.24. The first kappa shape index (κ1) is 12.0. The average molecular weight is 252 g/mol. The molecule has 0 aromatic rings. The highest BCUT2D eigenvalue weighted by atomic mass is 16.5. The molecule has 0 aromatic carbocycles. The fraction of sp³-hybridized carbons (Fsp3) is 0.846. The number of hydrogen-bond donors (Lipinski definition) is 1. The first-order valence-corrected chi connectivity index (χ1v) is 6.97. The van der Waals surface area contributed by atoms with Crippen molar-refractivity contribution in [3.05, 3.63) is 0 Å². The van der Waals surface area contributed by atoms with Crippen LogP contribution in [-0.4, -0.2) is 48.1 Å². The highest BCUT2D eigenvalue weighted by Crippen LogP contribution is 2.29. The van der Waals surface area contributed by atoms with Crippen LogP contribution in [0.5, 0.6) is 0 Å². The van der Waals surface area contributed by atoms with Crippen LogP contribution >= 0.6 is 0 Å². The van der Waals surface area contributed by atoms with Crippen LogP contribution in [0.3, 0.4) is 0 Å². The van der Waals surface area contributed by atoms with Crippen LogP contribution in [0.1, 0.15) is 38.5 Å². The molecule has 100 valence electrons. The molecule has 0 bridgehead atoms. The molecular formula is C13H20N2O3. The van der Waals surface area contributed by atoms with Crippen molar-refractivity contribution in [1.82, 2.24) is 10.2 Å². The molecule has 5 nitrogen and oxygen atoms in total. The lowest BCUT2D eigenvalue weighted by Crippen LogP contribution is -2.58.